The van der Waals surface area contributed by atoms with Crippen molar-refractivity contribution < 1.29 is 0 Å². The molecule has 2 nitrogen and oxygen atoms in total. The summed E-state index contributed by atoms with van der Waals surface area (Å²) in [4.78, 5) is 2.46. The van der Waals surface area contributed by atoms with Crippen molar-refractivity contribution in [3.05, 3.63) is 0 Å². The molecule has 3 unspecified atom stereocenters. The quantitative estimate of drug-likeness (QED) is 0.810. The number of piperidine rings is 1. The molecule has 2 heteroatoms. The summed E-state index contributed by atoms with van der Waals surface area (Å²) in [5, 5.41) is 3.77. The smallest absolute Gasteiger partial charge is 0.0195 e. The highest BCUT2D eigenvalue weighted by Crippen LogP contribution is 2.30. The van der Waals surface area contributed by atoms with E-state index in [-0.39, 0.29) is 0 Å². The Bertz CT molecular complexity index is 195. The molecule has 0 aromatic heterocycles. The predicted molar refractivity (Wildman–Crippen MR) is 74.3 cm³/mol. The Labute approximate surface area is 107 Å². The molecule has 0 radical (unpaired) electrons. The van der Waals surface area contributed by atoms with E-state index in [4.69, 9.17) is 0 Å². The van der Waals surface area contributed by atoms with E-state index >= 15 is 0 Å². The van der Waals surface area contributed by atoms with Gasteiger partial charge in [0.15, 0.2) is 0 Å². The summed E-state index contributed by atoms with van der Waals surface area (Å²) in [7, 11) is 2.25. The largest absolute Gasteiger partial charge is 0.313 e. The van der Waals surface area contributed by atoms with Crippen molar-refractivity contribution in [2.45, 2.75) is 57.9 Å². The van der Waals surface area contributed by atoms with E-state index in [0.29, 0.717) is 0 Å². The van der Waals surface area contributed by atoms with Crippen LogP contribution in [0.15, 0.2) is 0 Å². The SMILES string of the molecule is CC1CCCC(CCNC2CCCN(C)C2)C1. The van der Waals surface area contributed by atoms with Crippen LogP contribution in [0.3, 0.4) is 0 Å². The molecule has 1 heterocycles. The Morgan fingerprint density at radius 2 is 2.06 bits per heavy atom. The highest BCUT2D eigenvalue weighted by Gasteiger charge is 2.20. The Hall–Kier alpha value is -0.0800. The summed E-state index contributed by atoms with van der Waals surface area (Å²) in [6.07, 6.45) is 10.1. The minimum absolute atomic E-state index is 0.759. The Morgan fingerprint density at radius 1 is 1.18 bits per heavy atom. The van der Waals surface area contributed by atoms with Gasteiger partial charge in [0.2, 0.25) is 0 Å². The first-order chi connectivity index (χ1) is 8.24. The zero-order valence-electron chi connectivity index (χ0n) is 11.8. The first kappa shape index (κ1) is 13.4. The molecule has 0 aromatic rings. The second-order valence-electron chi connectivity index (χ2n) is 6.48. The van der Waals surface area contributed by atoms with Crippen LogP contribution < -0.4 is 5.32 Å². The van der Waals surface area contributed by atoms with E-state index in [2.05, 4.69) is 24.2 Å². The lowest BCUT2D eigenvalue weighted by atomic mass is 9.81. The molecular weight excluding hydrogens is 208 g/mol. The lowest BCUT2D eigenvalue weighted by Gasteiger charge is -2.31. The monoisotopic (exact) mass is 238 g/mol. The molecule has 1 N–H and O–H groups in total. The van der Waals surface area contributed by atoms with Gasteiger partial charge in [-0.1, -0.05) is 26.2 Å². The molecule has 2 aliphatic rings. The first-order valence-corrected chi connectivity index (χ1v) is 7.66. The zero-order chi connectivity index (χ0) is 12.1. The molecule has 100 valence electrons. The minimum atomic E-state index is 0.759. The number of nitrogens with zero attached hydrogens (tertiary/aromatic N) is 1. The van der Waals surface area contributed by atoms with Gasteiger partial charge < -0.3 is 10.2 Å². The summed E-state index contributed by atoms with van der Waals surface area (Å²) in [6, 6.07) is 0.759. The Kier molecular flexibility index (Phi) is 5.30. The molecule has 0 aromatic carbocycles. The number of likely N-dealkylation sites (tertiary alicyclic amines) is 1. The fourth-order valence-electron chi connectivity index (χ4n) is 3.65. The molecule has 1 saturated heterocycles. The van der Waals surface area contributed by atoms with E-state index in [1.165, 1.54) is 64.6 Å². The Balaban J connectivity index is 1.58. The van der Waals surface area contributed by atoms with E-state index in [0.717, 1.165) is 17.9 Å². The molecular formula is C15H30N2. The van der Waals surface area contributed by atoms with Crippen LogP contribution in [0.5, 0.6) is 0 Å². The number of likely N-dealkylation sites (N-methyl/N-ethyl adjacent to an activating group) is 1. The van der Waals surface area contributed by atoms with Gasteiger partial charge in [0, 0.05) is 12.6 Å². The molecule has 2 fully saturated rings. The van der Waals surface area contributed by atoms with Crippen LogP contribution in [0, 0.1) is 11.8 Å². The van der Waals surface area contributed by atoms with E-state index in [1.54, 1.807) is 0 Å². The van der Waals surface area contributed by atoms with Gasteiger partial charge in [0.25, 0.3) is 0 Å². The average molecular weight is 238 g/mol. The molecule has 3 atom stereocenters. The van der Waals surface area contributed by atoms with Crippen molar-refractivity contribution in [2.75, 3.05) is 26.7 Å². The number of hydrogen-bond acceptors (Lipinski definition) is 2. The summed E-state index contributed by atoms with van der Waals surface area (Å²) in [5.41, 5.74) is 0. The van der Waals surface area contributed by atoms with Gasteiger partial charge in [-0.05, 0) is 57.7 Å². The van der Waals surface area contributed by atoms with Crippen molar-refractivity contribution in [3.8, 4) is 0 Å². The summed E-state index contributed by atoms with van der Waals surface area (Å²) in [5.74, 6) is 1.99. The topological polar surface area (TPSA) is 15.3 Å². The third-order valence-corrected chi connectivity index (χ3v) is 4.66. The zero-order valence-corrected chi connectivity index (χ0v) is 11.8. The second-order valence-corrected chi connectivity index (χ2v) is 6.48. The van der Waals surface area contributed by atoms with Crippen LogP contribution in [0.25, 0.3) is 0 Å². The van der Waals surface area contributed by atoms with Crippen molar-refractivity contribution in [1.82, 2.24) is 10.2 Å². The number of hydrogen-bond donors (Lipinski definition) is 1. The molecule has 2 rings (SSSR count). The minimum Gasteiger partial charge on any atom is -0.313 e. The maximum absolute atomic E-state index is 3.77. The van der Waals surface area contributed by atoms with Gasteiger partial charge in [-0.2, -0.15) is 0 Å². The fraction of sp³-hybridized carbons (Fsp3) is 1.00. The van der Waals surface area contributed by atoms with Gasteiger partial charge in [0.1, 0.15) is 0 Å². The van der Waals surface area contributed by atoms with E-state index < -0.39 is 0 Å². The molecule has 17 heavy (non-hydrogen) atoms. The van der Waals surface area contributed by atoms with Crippen molar-refractivity contribution in [3.63, 3.8) is 0 Å². The van der Waals surface area contributed by atoms with Crippen LogP contribution >= 0.6 is 0 Å². The van der Waals surface area contributed by atoms with Gasteiger partial charge in [0.05, 0.1) is 0 Å². The summed E-state index contributed by atoms with van der Waals surface area (Å²) in [6.45, 7) is 6.21. The normalized spacial score (nSPS) is 36.0. The van der Waals surface area contributed by atoms with E-state index in [9.17, 15) is 0 Å². The molecule has 1 saturated carbocycles. The third-order valence-electron chi connectivity index (χ3n) is 4.66. The lowest BCUT2D eigenvalue weighted by molar-refractivity contribution is 0.217. The van der Waals surface area contributed by atoms with Gasteiger partial charge in [-0.15, -0.1) is 0 Å². The maximum atomic E-state index is 3.77. The van der Waals surface area contributed by atoms with E-state index in [1.807, 2.05) is 0 Å². The molecule has 0 bridgehead atoms. The molecule has 1 aliphatic heterocycles. The van der Waals surface area contributed by atoms with Crippen molar-refractivity contribution in [2.24, 2.45) is 11.8 Å². The summed E-state index contributed by atoms with van der Waals surface area (Å²) < 4.78 is 0. The lowest BCUT2D eigenvalue weighted by Crippen LogP contribution is -2.44. The Morgan fingerprint density at radius 3 is 2.82 bits per heavy atom. The van der Waals surface area contributed by atoms with Crippen LogP contribution in [-0.4, -0.2) is 37.6 Å². The van der Waals surface area contributed by atoms with Crippen LogP contribution in [-0.2, 0) is 0 Å². The number of rotatable bonds is 4. The molecule has 1 aliphatic carbocycles. The highest BCUT2D eigenvalue weighted by molar-refractivity contribution is 4.77. The van der Waals surface area contributed by atoms with Crippen LogP contribution in [0.4, 0.5) is 0 Å². The first-order valence-electron chi connectivity index (χ1n) is 7.66. The predicted octanol–water partition coefficient (Wildman–Crippen LogP) is 2.89. The third kappa shape index (κ3) is 4.59. The second kappa shape index (κ2) is 6.75. The highest BCUT2D eigenvalue weighted by atomic mass is 15.1. The standard InChI is InChI=1S/C15H30N2/c1-13-5-3-6-14(11-13)8-9-16-15-7-4-10-17(2)12-15/h13-16H,3-12H2,1-2H3. The average Bonchev–Trinajstić information content (AvgIpc) is 2.29. The number of nitrogens with one attached hydrogen (secondary N) is 1. The fourth-order valence-corrected chi connectivity index (χ4v) is 3.65. The van der Waals surface area contributed by atoms with Gasteiger partial charge in [-0.25, -0.2) is 0 Å². The molecule has 0 spiro atoms. The van der Waals surface area contributed by atoms with Crippen LogP contribution in [0.1, 0.15) is 51.9 Å². The van der Waals surface area contributed by atoms with Crippen LogP contribution in [0.2, 0.25) is 0 Å². The summed E-state index contributed by atoms with van der Waals surface area (Å²) >= 11 is 0. The van der Waals surface area contributed by atoms with Gasteiger partial charge >= 0.3 is 0 Å². The maximum Gasteiger partial charge on any atom is 0.0195 e. The molecule has 0 amide bonds. The van der Waals surface area contributed by atoms with Crippen molar-refractivity contribution >= 4 is 0 Å². The van der Waals surface area contributed by atoms with Gasteiger partial charge in [-0.3, -0.25) is 0 Å². The van der Waals surface area contributed by atoms with Crippen molar-refractivity contribution in [1.29, 1.82) is 0 Å².